The Morgan fingerprint density at radius 1 is 1.40 bits per heavy atom. The van der Waals surface area contributed by atoms with E-state index in [1.54, 1.807) is 19.1 Å². The van der Waals surface area contributed by atoms with Gasteiger partial charge in [-0.1, -0.05) is 19.4 Å². The smallest absolute Gasteiger partial charge is 0.235 e. The van der Waals surface area contributed by atoms with Gasteiger partial charge in [-0.15, -0.1) is 0 Å². The number of carbonyl (C=O) groups excluding carboxylic acids is 1. The van der Waals surface area contributed by atoms with Gasteiger partial charge in [-0.25, -0.2) is 8.42 Å². The molecule has 0 spiro atoms. The number of hydrogen-bond donors (Lipinski definition) is 2. The predicted octanol–water partition coefficient (Wildman–Crippen LogP) is 1.66. The van der Waals surface area contributed by atoms with E-state index in [9.17, 15) is 13.2 Å². The molecule has 1 rings (SSSR count). The number of sulfone groups is 1. The molecule has 0 aliphatic carbocycles. The lowest BCUT2D eigenvalue weighted by Gasteiger charge is -2.14. The lowest BCUT2D eigenvalue weighted by Crippen LogP contribution is -2.36. The number of hydrogen-bond acceptors (Lipinski definition) is 4. The van der Waals surface area contributed by atoms with Crippen molar-refractivity contribution >= 4 is 21.4 Å². The van der Waals surface area contributed by atoms with Crippen molar-refractivity contribution in [1.29, 1.82) is 0 Å². The minimum atomic E-state index is -3.67. The molecule has 0 fully saturated rings. The van der Waals surface area contributed by atoms with Crippen LogP contribution >= 0.6 is 0 Å². The van der Waals surface area contributed by atoms with Gasteiger partial charge in [0.05, 0.1) is 4.90 Å². The molecule has 0 saturated carbocycles. The first-order chi connectivity index (χ1) is 9.27. The van der Waals surface area contributed by atoms with E-state index in [4.69, 9.17) is 5.73 Å². The summed E-state index contributed by atoms with van der Waals surface area (Å²) in [6, 6.07) is 4.67. The molecule has 1 amide bonds. The summed E-state index contributed by atoms with van der Waals surface area (Å²) < 4.78 is 24.5. The highest BCUT2D eigenvalue weighted by Gasteiger charge is 2.22. The molecule has 1 aromatic carbocycles. The first-order valence-corrected chi connectivity index (χ1v) is 8.30. The van der Waals surface area contributed by atoms with E-state index in [1.165, 1.54) is 6.07 Å². The molecule has 5 nitrogen and oxygen atoms in total. The molecule has 1 unspecified atom stereocenters. The second-order valence-corrected chi connectivity index (χ2v) is 6.94. The van der Waals surface area contributed by atoms with E-state index < -0.39 is 21.5 Å². The lowest BCUT2D eigenvalue weighted by molar-refractivity contribution is -0.119. The van der Waals surface area contributed by atoms with Gasteiger partial charge in [-0.2, -0.15) is 0 Å². The first-order valence-electron chi connectivity index (χ1n) is 6.65. The van der Waals surface area contributed by atoms with Crippen LogP contribution in [0.5, 0.6) is 0 Å². The Kier molecular flexibility index (Phi) is 5.56. The van der Waals surface area contributed by atoms with Gasteiger partial charge in [0.25, 0.3) is 0 Å². The van der Waals surface area contributed by atoms with Crippen molar-refractivity contribution in [2.24, 2.45) is 0 Å². The fraction of sp³-hybridized carbons (Fsp3) is 0.500. The summed E-state index contributed by atoms with van der Waals surface area (Å²) in [5.74, 6) is -1.03. The second kappa shape index (κ2) is 6.74. The zero-order chi connectivity index (χ0) is 15.3. The summed E-state index contributed by atoms with van der Waals surface area (Å²) in [5, 5.41) is 2.69. The fourth-order valence-corrected chi connectivity index (χ4v) is 3.49. The summed E-state index contributed by atoms with van der Waals surface area (Å²) in [5.41, 5.74) is 6.60. The van der Waals surface area contributed by atoms with Crippen molar-refractivity contribution < 1.29 is 13.2 Å². The quantitative estimate of drug-likeness (QED) is 0.782. The molecule has 0 saturated heterocycles. The Labute approximate surface area is 120 Å². The molecule has 0 radical (unpaired) electrons. The van der Waals surface area contributed by atoms with Crippen LogP contribution in [0.4, 0.5) is 5.69 Å². The maximum Gasteiger partial charge on any atom is 0.235 e. The van der Waals surface area contributed by atoms with Crippen LogP contribution in [0, 0.1) is 6.92 Å². The summed E-state index contributed by atoms with van der Waals surface area (Å²) in [4.78, 5) is 11.9. The van der Waals surface area contributed by atoms with Crippen molar-refractivity contribution in [2.45, 2.75) is 44.6 Å². The highest BCUT2D eigenvalue weighted by atomic mass is 32.2. The third kappa shape index (κ3) is 4.23. The molecular formula is C14H22N2O3S. The van der Waals surface area contributed by atoms with Gasteiger partial charge >= 0.3 is 0 Å². The standard InChI is InChI=1S/C14H22N2O3S/c1-4-6-10(2)16-14(17)9-20(18,19)13-8-5-7-12(15)11(13)3/h5,7-8,10H,4,6,9,15H2,1-3H3,(H,16,17). The zero-order valence-electron chi connectivity index (χ0n) is 12.1. The van der Waals surface area contributed by atoms with Crippen molar-refractivity contribution in [2.75, 3.05) is 11.5 Å². The van der Waals surface area contributed by atoms with E-state index in [2.05, 4.69) is 5.32 Å². The summed E-state index contributed by atoms with van der Waals surface area (Å²) >= 11 is 0. The van der Waals surface area contributed by atoms with Crippen molar-refractivity contribution in [1.82, 2.24) is 5.32 Å². The number of amides is 1. The Morgan fingerprint density at radius 2 is 2.05 bits per heavy atom. The van der Waals surface area contributed by atoms with E-state index in [-0.39, 0.29) is 10.9 Å². The SMILES string of the molecule is CCCC(C)NC(=O)CS(=O)(=O)c1cccc(N)c1C. The molecule has 20 heavy (non-hydrogen) atoms. The van der Waals surface area contributed by atoms with Crippen LogP contribution in [0.2, 0.25) is 0 Å². The van der Waals surface area contributed by atoms with Crippen LogP contribution in [-0.4, -0.2) is 26.1 Å². The maximum absolute atomic E-state index is 12.2. The third-order valence-corrected chi connectivity index (χ3v) is 4.87. The molecule has 112 valence electrons. The normalized spacial score (nSPS) is 12.9. The first kappa shape index (κ1) is 16.5. The Bertz CT molecular complexity index is 582. The number of carbonyl (C=O) groups is 1. The number of nitrogens with two attached hydrogens (primary N) is 1. The van der Waals surface area contributed by atoms with E-state index in [1.807, 2.05) is 13.8 Å². The highest BCUT2D eigenvalue weighted by molar-refractivity contribution is 7.92. The highest BCUT2D eigenvalue weighted by Crippen LogP contribution is 2.21. The Hall–Kier alpha value is -1.56. The van der Waals surface area contributed by atoms with Gasteiger partial charge < -0.3 is 11.1 Å². The largest absolute Gasteiger partial charge is 0.398 e. The number of nitrogen functional groups attached to an aromatic ring is 1. The Morgan fingerprint density at radius 3 is 2.65 bits per heavy atom. The lowest BCUT2D eigenvalue weighted by atomic mass is 10.2. The number of nitrogens with one attached hydrogen (secondary N) is 1. The van der Waals surface area contributed by atoms with E-state index in [0.29, 0.717) is 11.3 Å². The van der Waals surface area contributed by atoms with E-state index in [0.717, 1.165) is 12.8 Å². The van der Waals surface area contributed by atoms with Crippen LogP contribution in [0.25, 0.3) is 0 Å². The van der Waals surface area contributed by atoms with Crippen LogP contribution < -0.4 is 11.1 Å². The van der Waals surface area contributed by atoms with Crippen LogP contribution in [0.3, 0.4) is 0 Å². The van der Waals surface area contributed by atoms with Crippen LogP contribution in [0.1, 0.15) is 32.3 Å². The molecule has 0 aliphatic rings. The average molecular weight is 298 g/mol. The monoisotopic (exact) mass is 298 g/mol. The van der Waals surface area contributed by atoms with Crippen LogP contribution in [0.15, 0.2) is 23.1 Å². The van der Waals surface area contributed by atoms with Crippen molar-refractivity contribution in [3.63, 3.8) is 0 Å². The molecule has 1 aromatic rings. The average Bonchev–Trinajstić information content (AvgIpc) is 2.31. The van der Waals surface area contributed by atoms with Gasteiger partial charge in [-0.3, -0.25) is 4.79 Å². The summed E-state index contributed by atoms with van der Waals surface area (Å²) in [6.07, 6.45) is 1.76. The molecule has 6 heteroatoms. The maximum atomic E-state index is 12.2. The minimum absolute atomic E-state index is 0.0235. The van der Waals surface area contributed by atoms with Gasteiger partial charge in [0.15, 0.2) is 9.84 Å². The zero-order valence-corrected chi connectivity index (χ0v) is 13.0. The number of anilines is 1. The molecule has 1 atom stereocenters. The molecule has 0 aliphatic heterocycles. The number of benzene rings is 1. The van der Waals surface area contributed by atoms with E-state index >= 15 is 0 Å². The summed E-state index contributed by atoms with van der Waals surface area (Å²) in [7, 11) is -3.67. The molecule has 0 bridgehead atoms. The fourth-order valence-electron chi connectivity index (χ4n) is 2.04. The molecular weight excluding hydrogens is 276 g/mol. The Balaban J connectivity index is 2.85. The van der Waals surface area contributed by atoms with Gasteiger partial charge in [0.2, 0.25) is 5.91 Å². The van der Waals surface area contributed by atoms with Crippen molar-refractivity contribution in [3.05, 3.63) is 23.8 Å². The molecule has 0 heterocycles. The minimum Gasteiger partial charge on any atom is -0.398 e. The van der Waals surface area contributed by atoms with Crippen molar-refractivity contribution in [3.8, 4) is 0 Å². The number of rotatable bonds is 6. The van der Waals surface area contributed by atoms with Crippen LogP contribution in [-0.2, 0) is 14.6 Å². The topological polar surface area (TPSA) is 89.3 Å². The third-order valence-electron chi connectivity index (χ3n) is 3.11. The molecule has 3 N–H and O–H groups in total. The molecule has 0 aromatic heterocycles. The second-order valence-electron chi connectivity index (χ2n) is 4.99. The van der Waals surface area contributed by atoms with Gasteiger partial charge in [0, 0.05) is 11.7 Å². The summed E-state index contributed by atoms with van der Waals surface area (Å²) in [6.45, 7) is 5.51. The van der Waals surface area contributed by atoms with Gasteiger partial charge in [0.1, 0.15) is 5.75 Å². The predicted molar refractivity (Wildman–Crippen MR) is 80.2 cm³/mol. The van der Waals surface area contributed by atoms with Gasteiger partial charge in [-0.05, 0) is 38.0 Å².